The third-order valence-electron chi connectivity index (χ3n) is 2.79. The van der Waals surface area contributed by atoms with Crippen molar-refractivity contribution in [3.8, 4) is 5.75 Å². The summed E-state index contributed by atoms with van der Waals surface area (Å²) in [6, 6.07) is 8.56. The van der Waals surface area contributed by atoms with Gasteiger partial charge in [0.05, 0.1) is 23.7 Å². The first-order valence-corrected chi connectivity index (χ1v) is 7.49. The summed E-state index contributed by atoms with van der Waals surface area (Å²) in [5, 5.41) is 10.8. The van der Waals surface area contributed by atoms with Gasteiger partial charge in [0.1, 0.15) is 11.6 Å². The van der Waals surface area contributed by atoms with Gasteiger partial charge in [-0.05, 0) is 30.3 Å². The average Bonchev–Trinajstić information content (AvgIpc) is 2.46. The van der Waals surface area contributed by atoms with Gasteiger partial charge in [-0.3, -0.25) is 4.72 Å². The molecule has 0 aliphatic heterocycles. The molecule has 0 aliphatic rings. The van der Waals surface area contributed by atoms with Crippen LogP contribution in [0.15, 0.2) is 47.4 Å². The number of carboxylic acid groups (broad SMARTS) is 1. The van der Waals surface area contributed by atoms with Crippen LogP contribution in [-0.2, 0) is 10.0 Å². The van der Waals surface area contributed by atoms with Gasteiger partial charge in [-0.15, -0.1) is 0 Å². The largest absolute Gasteiger partial charge is 0.545 e. The lowest BCUT2D eigenvalue weighted by molar-refractivity contribution is -0.255. The first-order chi connectivity index (χ1) is 10.3. The summed E-state index contributed by atoms with van der Waals surface area (Å²) >= 11 is 0. The van der Waals surface area contributed by atoms with Gasteiger partial charge in [0, 0.05) is 11.6 Å². The van der Waals surface area contributed by atoms with Crippen molar-refractivity contribution >= 4 is 21.7 Å². The van der Waals surface area contributed by atoms with E-state index in [9.17, 15) is 22.7 Å². The number of carbonyl (C=O) groups is 1. The molecule has 0 saturated carbocycles. The number of hydrogen-bond donors (Lipinski definition) is 1. The maximum Gasteiger partial charge on any atom is 0.261 e. The molecule has 1 N–H and O–H groups in total. The second kappa shape index (κ2) is 6.02. The van der Waals surface area contributed by atoms with Crippen molar-refractivity contribution in [1.29, 1.82) is 0 Å². The van der Waals surface area contributed by atoms with Crippen LogP contribution in [0.3, 0.4) is 0 Å². The zero-order valence-electron chi connectivity index (χ0n) is 11.4. The van der Waals surface area contributed by atoms with Crippen molar-refractivity contribution in [2.24, 2.45) is 0 Å². The number of halogens is 1. The highest BCUT2D eigenvalue weighted by Crippen LogP contribution is 2.21. The van der Waals surface area contributed by atoms with E-state index in [4.69, 9.17) is 4.74 Å². The molecule has 0 bridgehead atoms. The highest BCUT2D eigenvalue weighted by Gasteiger charge is 2.17. The summed E-state index contributed by atoms with van der Waals surface area (Å²) in [5.41, 5.74) is -0.604. The summed E-state index contributed by atoms with van der Waals surface area (Å²) in [7, 11) is -2.64. The Labute approximate surface area is 126 Å². The van der Waals surface area contributed by atoms with Crippen molar-refractivity contribution in [3.05, 3.63) is 53.8 Å². The van der Waals surface area contributed by atoms with Crippen LogP contribution in [0.1, 0.15) is 10.4 Å². The molecule has 0 amide bonds. The van der Waals surface area contributed by atoms with Gasteiger partial charge in [-0.1, -0.05) is 6.07 Å². The predicted octanol–water partition coefficient (Wildman–Crippen LogP) is 0.999. The maximum atomic E-state index is 13.3. The first-order valence-electron chi connectivity index (χ1n) is 6.01. The fourth-order valence-electron chi connectivity index (χ4n) is 1.73. The molecule has 6 nitrogen and oxygen atoms in total. The van der Waals surface area contributed by atoms with Crippen LogP contribution in [-0.4, -0.2) is 21.5 Å². The fourth-order valence-corrected chi connectivity index (χ4v) is 2.80. The number of nitrogens with one attached hydrogen (secondary N) is 1. The first kappa shape index (κ1) is 15.8. The van der Waals surface area contributed by atoms with Crippen LogP contribution >= 0.6 is 0 Å². The zero-order valence-corrected chi connectivity index (χ0v) is 12.2. The molecule has 0 heterocycles. The van der Waals surface area contributed by atoms with Crippen molar-refractivity contribution < 1.29 is 27.4 Å². The highest BCUT2D eigenvalue weighted by molar-refractivity contribution is 7.92. The molecule has 0 atom stereocenters. The van der Waals surface area contributed by atoms with Crippen LogP contribution < -0.4 is 14.6 Å². The Kier molecular flexibility index (Phi) is 4.32. The van der Waals surface area contributed by atoms with Gasteiger partial charge in [0.15, 0.2) is 0 Å². The Morgan fingerprint density at radius 2 is 1.95 bits per heavy atom. The molecule has 2 aromatic rings. The molecule has 2 aromatic carbocycles. The minimum atomic E-state index is -4.07. The molecule has 116 valence electrons. The van der Waals surface area contributed by atoms with E-state index in [0.717, 1.165) is 12.1 Å². The second-order valence-corrected chi connectivity index (χ2v) is 5.95. The molecule has 0 unspecified atom stereocenters. The molecule has 0 radical (unpaired) electrons. The molecule has 0 saturated heterocycles. The van der Waals surface area contributed by atoms with E-state index in [1.165, 1.54) is 19.2 Å². The summed E-state index contributed by atoms with van der Waals surface area (Å²) in [6.07, 6.45) is 0. The second-order valence-electron chi connectivity index (χ2n) is 4.27. The number of carbonyl (C=O) groups excluding carboxylic acids is 1. The van der Waals surface area contributed by atoms with E-state index in [0.29, 0.717) is 11.8 Å². The molecule has 0 aliphatic carbocycles. The Hall–Kier alpha value is -2.61. The van der Waals surface area contributed by atoms with E-state index < -0.39 is 32.3 Å². The SMILES string of the molecule is COc1cccc(NS(=O)(=O)c2ccc(F)c(C(=O)[O-])c2)c1. The number of benzene rings is 2. The van der Waals surface area contributed by atoms with Crippen LogP contribution in [0.4, 0.5) is 10.1 Å². The Morgan fingerprint density at radius 3 is 2.59 bits per heavy atom. The van der Waals surface area contributed by atoms with Gasteiger partial charge in [0.2, 0.25) is 0 Å². The molecule has 22 heavy (non-hydrogen) atoms. The van der Waals surface area contributed by atoms with Crippen LogP contribution in [0.5, 0.6) is 5.75 Å². The number of aromatic carboxylic acids is 1. The van der Waals surface area contributed by atoms with Gasteiger partial charge in [-0.2, -0.15) is 0 Å². The molecule has 0 fully saturated rings. The van der Waals surface area contributed by atoms with Gasteiger partial charge in [0.25, 0.3) is 10.0 Å². The number of anilines is 1. The summed E-state index contributed by atoms with van der Waals surface area (Å²) in [5.74, 6) is -2.43. The van der Waals surface area contributed by atoms with Crippen molar-refractivity contribution in [2.75, 3.05) is 11.8 Å². The topological polar surface area (TPSA) is 95.5 Å². The monoisotopic (exact) mass is 324 g/mol. The number of ether oxygens (including phenoxy) is 1. The summed E-state index contributed by atoms with van der Waals surface area (Å²) < 4.78 is 44.9. The standard InChI is InChI=1S/C14H12FNO5S/c1-21-10-4-2-3-9(7-10)16-22(19,20)11-5-6-13(15)12(8-11)14(17)18/h2-8,16H,1H3,(H,17,18)/p-1. The lowest BCUT2D eigenvalue weighted by Gasteiger charge is -2.11. The summed E-state index contributed by atoms with van der Waals surface area (Å²) in [6.45, 7) is 0. The molecule has 0 aromatic heterocycles. The minimum absolute atomic E-state index is 0.221. The minimum Gasteiger partial charge on any atom is -0.545 e. The molecular formula is C14H11FNO5S-. The number of hydrogen-bond acceptors (Lipinski definition) is 5. The van der Waals surface area contributed by atoms with E-state index >= 15 is 0 Å². The van der Waals surface area contributed by atoms with E-state index in [1.807, 2.05) is 0 Å². The Bertz CT molecular complexity index is 820. The smallest absolute Gasteiger partial charge is 0.261 e. The number of sulfonamides is 1. The highest BCUT2D eigenvalue weighted by atomic mass is 32.2. The molecular weight excluding hydrogens is 313 g/mol. The average molecular weight is 324 g/mol. The summed E-state index contributed by atoms with van der Waals surface area (Å²) in [4.78, 5) is 10.4. The van der Waals surface area contributed by atoms with Crippen LogP contribution in [0, 0.1) is 5.82 Å². The number of rotatable bonds is 5. The Morgan fingerprint density at radius 1 is 1.23 bits per heavy atom. The van der Waals surface area contributed by atoms with Gasteiger partial charge < -0.3 is 14.6 Å². The van der Waals surface area contributed by atoms with Crippen LogP contribution in [0.25, 0.3) is 0 Å². The van der Waals surface area contributed by atoms with Crippen molar-refractivity contribution in [1.82, 2.24) is 0 Å². The third kappa shape index (κ3) is 3.34. The predicted molar refractivity (Wildman–Crippen MR) is 74.5 cm³/mol. The fraction of sp³-hybridized carbons (Fsp3) is 0.0714. The number of carboxylic acids is 1. The lowest BCUT2D eigenvalue weighted by atomic mass is 10.2. The van der Waals surface area contributed by atoms with Crippen molar-refractivity contribution in [3.63, 3.8) is 0 Å². The van der Waals surface area contributed by atoms with E-state index in [2.05, 4.69) is 4.72 Å². The molecule has 0 spiro atoms. The zero-order chi connectivity index (χ0) is 16.3. The lowest BCUT2D eigenvalue weighted by Crippen LogP contribution is -2.24. The molecule has 8 heteroatoms. The normalized spacial score (nSPS) is 11.0. The number of methoxy groups -OCH3 is 1. The van der Waals surface area contributed by atoms with E-state index in [1.54, 1.807) is 12.1 Å². The van der Waals surface area contributed by atoms with Gasteiger partial charge >= 0.3 is 0 Å². The van der Waals surface area contributed by atoms with Crippen molar-refractivity contribution in [2.45, 2.75) is 4.90 Å². The maximum absolute atomic E-state index is 13.3. The molecule has 2 rings (SSSR count). The quantitative estimate of drug-likeness (QED) is 0.885. The third-order valence-corrected chi connectivity index (χ3v) is 4.17. The Balaban J connectivity index is 2.38. The van der Waals surface area contributed by atoms with Crippen LogP contribution in [0.2, 0.25) is 0 Å². The van der Waals surface area contributed by atoms with Gasteiger partial charge in [-0.25, -0.2) is 12.8 Å². The van der Waals surface area contributed by atoms with E-state index in [-0.39, 0.29) is 5.69 Å².